The Morgan fingerprint density at radius 3 is 2.50 bits per heavy atom. The number of benzene rings is 1. The molecular formula is C23H30N4O2S. The van der Waals surface area contributed by atoms with E-state index in [0.717, 1.165) is 52.2 Å². The number of ether oxygens (including phenoxy) is 1. The third kappa shape index (κ3) is 4.78. The van der Waals surface area contributed by atoms with Crippen molar-refractivity contribution in [2.45, 2.75) is 45.8 Å². The average Bonchev–Trinajstić information content (AvgIpc) is 3.23. The van der Waals surface area contributed by atoms with Crippen molar-refractivity contribution < 1.29 is 9.53 Å². The number of carbonyl (C=O) groups excluding carboxylic acids is 1. The Hall–Kier alpha value is -2.54. The van der Waals surface area contributed by atoms with Crippen LogP contribution >= 0.6 is 11.8 Å². The van der Waals surface area contributed by atoms with E-state index in [1.807, 2.05) is 48.9 Å². The molecule has 0 aliphatic heterocycles. The molecule has 0 amide bonds. The molecule has 0 unspecified atom stereocenters. The minimum absolute atomic E-state index is 0.123. The Morgan fingerprint density at radius 1 is 1.17 bits per heavy atom. The van der Waals surface area contributed by atoms with E-state index in [4.69, 9.17) is 4.74 Å². The second-order valence-corrected chi connectivity index (χ2v) is 8.87. The molecule has 0 N–H and O–H groups in total. The van der Waals surface area contributed by atoms with Gasteiger partial charge >= 0.3 is 0 Å². The Labute approximate surface area is 182 Å². The molecule has 0 saturated carbocycles. The van der Waals surface area contributed by atoms with Crippen molar-refractivity contribution in [2.24, 2.45) is 13.0 Å². The smallest absolute Gasteiger partial charge is 0.191 e. The lowest BCUT2D eigenvalue weighted by atomic mass is 10.1. The van der Waals surface area contributed by atoms with Gasteiger partial charge in [0.05, 0.1) is 12.9 Å². The van der Waals surface area contributed by atoms with Crippen LogP contribution in [0.5, 0.6) is 5.75 Å². The Kier molecular flexibility index (Phi) is 7.02. The van der Waals surface area contributed by atoms with Gasteiger partial charge in [0.2, 0.25) is 0 Å². The number of nitrogens with zero attached hydrogens (tertiary/aromatic N) is 4. The molecule has 2 heterocycles. The van der Waals surface area contributed by atoms with Crippen LogP contribution in [0.15, 0.2) is 35.5 Å². The maximum atomic E-state index is 12.9. The summed E-state index contributed by atoms with van der Waals surface area (Å²) in [4.78, 5) is 12.9. The Bertz CT molecular complexity index is 1020. The van der Waals surface area contributed by atoms with Gasteiger partial charge in [0.15, 0.2) is 16.8 Å². The molecule has 0 radical (unpaired) electrons. The van der Waals surface area contributed by atoms with Crippen molar-refractivity contribution >= 4 is 17.5 Å². The van der Waals surface area contributed by atoms with Crippen molar-refractivity contribution in [3.05, 3.63) is 47.3 Å². The van der Waals surface area contributed by atoms with Gasteiger partial charge in [-0.15, -0.1) is 10.2 Å². The summed E-state index contributed by atoms with van der Waals surface area (Å²) in [5.41, 5.74) is 3.96. The number of methoxy groups -OCH3 is 1. The summed E-state index contributed by atoms with van der Waals surface area (Å²) in [5, 5.41) is 9.31. The van der Waals surface area contributed by atoms with Gasteiger partial charge in [-0.3, -0.25) is 4.79 Å². The van der Waals surface area contributed by atoms with Gasteiger partial charge in [-0.05, 0) is 56.5 Å². The molecule has 0 bridgehead atoms. The summed E-state index contributed by atoms with van der Waals surface area (Å²) in [6, 6.07) is 9.71. The van der Waals surface area contributed by atoms with E-state index in [1.165, 1.54) is 11.8 Å². The molecule has 0 spiro atoms. The van der Waals surface area contributed by atoms with Crippen LogP contribution < -0.4 is 4.74 Å². The van der Waals surface area contributed by atoms with Crippen LogP contribution in [0.3, 0.4) is 0 Å². The molecule has 30 heavy (non-hydrogen) atoms. The number of ketones is 1. The number of Topliss-reactive ketones (excluding diaryl/α,β-unsaturated/α-hetero) is 1. The van der Waals surface area contributed by atoms with Crippen LogP contribution in [0.2, 0.25) is 0 Å². The van der Waals surface area contributed by atoms with Gasteiger partial charge < -0.3 is 13.9 Å². The average molecular weight is 427 g/mol. The minimum atomic E-state index is 0.123. The quantitative estimate of drug-likeness (QED) is 0.359. The fraction of sp³-hybridized carbons (Fsp3) is 0.435. The second kappa shape index (κ2) is 9.51. The number of aryl methyl sites for hydroxylation is 1. The van der Waals surface area contributed by atoms with Crippen molar-refractivity contribution in [3.8, 4) is 17.1 Å². The Balaban J connectivity index is 1.69. The topological polar surface area (TPSA) is 61.9 Å². The van der Waals surface area contributed by atoms with Crippen LogP contribution in [0.25, 0.3) is 11.4 Å². The third-order valence-electron chi connectivity index (χ3n) is 5.32. The van der Waals surface area contributed by atoms with E-state index in [0.29, 0.717) is 11.7 Å². The molecule has 0 aliphatic rings. The summed E-state index contributed by atoms with van der Waals surface area (Å²) in [6.45, 7) is 9.50. The van der Waals surface area contributed by atoms with Crippen molar-refractivity contribution in [1.82, 2.24) is 19.3 Å². The molecule has 3 rings (SSSR count). The highest BCUT2D eigenvalue weighted by molar-refractivity contribution is 7.99. The van der Waals surface area contributed by atoms with Crippen LogP contribution in [0.1, 0.15) is 42.0 Å². The van der Waals surface area contributed by atoms with Crippen molar-refractivity contribution in [1.29, 1.82) is 0 Å². The first kappa shape index (κ1) is 22.2. The van der Waals surface area contributed by atoms with E-state index in [-0.39, 0.29) is 5.78 Å². The van der Waals surface area contributed by atoms with Gasteiger partial charge in [-0.25, -0.2) is 0 Å². The number of rotatable bonds is 9. The van der Waals surface area contributed by atoms with Gasteiger partial charge in [0, 0.05) is 36.1 Å². The highest BCUT2D eigenvalue weighted by Crippen LogP contribution is 2.26. The van der Waals surface area contributed by atoms with Gasteiger partial charge in [0.25, 0.3) is 0 Å². The first-order valence-corrected chi connectivity index (χ1v) is 11.2. The molecule has 0 aliphatic carbocycles. The number of hydrogen-bond acceptors (Lipinski definition) is 5. The molecule has 7 heteroatoms. The Morgan fingerprint density at radius 2 is 1.87 bits per heavy atom. The zero-order valence-electron chi connectivity index (χ0n) is 18.6. The predicted molar refractivity (Wildman–Crippen MR) is 121 cm³/mol. The molecule has 0 atom stereocenters. The first-order valence-electron chi connectivity index (χ1n) is 10.2. The van der Waals surface area contributed by atoms with Crippen LogP contribution in [-0.4, -0.2) is 38.0 Å². The minimum Gasteiger partial charge on any atom is -0.497 e. The maximum Gasteiger partial charge on any atom is 0.191 e. The highest BCUT2D eigenvalue weighted by atomic mass is 32.2. The standard InChI is InChI=1S/C23H30N4O2S/c1-15(2)11-12-27-16(3)13-20(17(27)4)21(28)14-30-23-25-24-22(26(23)5)18-7-9-19(29-6)10-8-18/h7-10,13,15H,11-12,14H2,1-6H3. The van der Waals surface area contributed by atoms with Crippen LogP contribution in [0.4, 0.5) is 0 Å². The van der Waals surface area contributed by atoms with Crippen LogP contribution in [-0.2, 0) is 13.6 Å². The number of hydrogen-bond donors (Lipinski definition) is 0. The summed E-state index contributed by atoms with van der Waals surface area (Å²) in [5.74, 6) is 2.66. The van der Waals surface area contributed by atoms with Gasteiger partial charge in [-0.1, -0.05) is 25.6 Å². The largest absolute Gasteiger partial charge is 0.497 e. The molecule has 3 aromatic rings. The zero-order chi connectivity index (χ0) is 21.8. The first-order chi connectivity index (χ1) is 14.3. The molecule has 160 valence electrons. The monoisotopic (exact) mass is 426 g/mol. The summed E-state index contributed by atoms with van der Waals surface area (Å²) in [7, 11) is 3.56. The summed E-state index contributed by atoms with van der Waals surface area (Å²) < 4.78 is 9.38. The van der Waals surface area contributed by atoms with E-state index in [2.05, 4.69) is 35.5 Å². The number of aromatic nitrogens is 4. The number of thioether (sulfide) groups is 1. The zero-order valence-corrected chi connectivity index (χ0v) is 19.4. The van der Waals surface area contributed by atoms with E-state index >= 15 is 0 Å². The molecule has 0 saturated heterocycles. The third-order valence-corrected chi connectivity index (χ3v) is 6.34. The lowest BCUT2D eigenvalue weighted by Gasteiger charge is -2.11. The van der Waals surface area contributed by atoms with E-state index in [9.17, 15) is 4.79 Å². The SMILES string of the molecule is COc1ccc(-c2nnc(SCC(=O)c3cc(C)n(CCC(C)C)c3C)n2C)cc1. The fourth-order valence-corrected chi connectivity index (χ4v) is 4.25. The normalized spacial score (nSPS) is 11.3. The van der Waals surface area contributed by atoms with Gasteiger partial charge in [-0.2, -0.15) is 0 Å². The summed E-state index contributed by atoms with van der Waals surface area (Å²) in [6.07, 6.45) is 1.10. The molecule has 2 aromatic heterocycles. The summed E-state index contributed by atoms with van der Waals surface area (Å²) >= 11 is 1.42. The molecular weight excluding hydrogens is 396 g/mol. The van der Waals surface area contributed by atoms with E-state index < -0.39 is 0 Å². The molecule has 0 fully saturated rings. The maximum absolute atomic E-state index is 12.9. The molecule has 1 aromatic carbocycles. The fourth-order valence-electron chi connectivity index (χ4n) is 3.45. The highest BCUT2D eigenvalue weighted by Gasteiger charge is 2.18. The second-order valence-electron chi connectivity index (χ2n) is 7.92. The lowest BCUT2D eigenvalue weighted by Crippen LogP contribution is -2.08. The van der Waals surface area contributed by atoms with Crippen molar-refractivity contribution in [3.63, 3.8) is 0 Å². The van der Waals surface area contributed by atoms with Crippen LogP contribution in [0, 0.1) is 19.8 Å². The van der Waals surface area contributed by atoms with E-state index in [1.54, 1.807) is 7.11 Å². The lowest BCUT2D eigenvalue weighted by molar-refractivity contribution is 0.102. The molecule has 6 nitrogen and oxygen atoms in total. The predicted octanol–water partition coefficient (Wildman–Crippen LogP) is 4.93. The van der Waals surface area contributed by atoms with Gasteiger partial charge in [0.1, 0.15) is 5.75 Å². The number of carbonyl (C=O) groups is 1. The van der Waals surface area contributed by atoms with Crippen molar-refractivity contribution in [2.75, 3.05) is 12.9 Å².